The Balaban J connectivity index is 1.52. The Bertz CT molecular complexity index is 599. The first-order valence-corrected chi connectivity index (χ1v) is 9.32. The Morgan fingerprint density at radius 3 is 2.95 bits per heavy atom. The summed E-state index contributed by atoms with van der Waals surface area (Å²) in [5.41, 5.74) is -0.296. The van der Waals surface area contributed by atoms with E-state index in [2.05, 4.69) is 4.98 Å². The Morgan fingerprint density at radius 2 is 2.27 bits per heavy atom. The standard InChI is InChI=1S/C15H22N2O4S/c1-2-22(18,19)17-11-15(12-17)13(7-10-21-15)6-9-20-14-5-3-4-8-16-14/h3-5,8,13H,2,6-7,9-12H2,1H3/t13-/m0/s1. The van der Waals surface area contributed by atoms with E-state index in [-0.39, 0.29) is 11.4 Å². The van der Waals surface area contributed by atoms with Crippen LogP contribution in [0.5, 0.6) is 5.88 Å². The SMILES string of the molecule is CCS(=O)(=O)N1CC2(C1)OCC[C@@H]2CCOc1ccccn1. The number of rotatable bonds is 6. The predicted molar refractivity (Wildman–Crippen MR) is 82.2 cm³/mol. The van der Waals surface area contributed by atoms with Crippen LogP contribution in [0.3, 0.4) is 0 Å². The van der Waals surface area contributed by atoms with Crippen molar-refractivity contribution >= 4 is 10.0 Å². The van der Waals surface area contributed by atoms with Gasteiger partial charge in [0.25, 0.3) is 0 Å². The Hall–Kier alpha value is -1.18. The molecule has 0 bridgehead atoms. The molecule has 2 fully saturated rings. The van der Waals surface area contributed by atoms with Crippen molar-refractivity contribution in [3.63, 3.8) is 0 Å². The molecule has 1 aromatic heterocycles. The van der Waals surface area contributed by atoms with Crippen molar-refractivity contribution in [2.75, 3.05) is 32.1 Å². The van der Waals surface area contributed by atoms with Crippen molar-refractivity contribution < 1.29 is 17.9 Å². The Kier molecular flexibility index (Phi) is 4.38. The van der Waals surface area contributed by atoms with E-state index < -0.39 is 10.0 Å². The number of hydrogen-bond donors (Lipinski definition) is 0. The summed E-state index contributed by atoms with van der Waals surface area (Å²) in [5, 5.41) is 0. The van der Waals surface area contributed by atoms with Gasteiger partial charge in [0.2, 0.25) is 15.9 Å². The molecule has 1 spiro atoms. The van der Waals surface area contributed by atoms with Crippen molar-refractivity contribution in [2.24, 2.45) is 5.92 Å². The molecule has 0 unspecified atom stereocenters. The van der Waals surface area contributed by atoms with E-state index in [4.69, 9.17) is 9.47 Å². The molecule has 0 N–H and O–H groups in total. The highest BCUT2D eigenvalue weighted by Crippen LogP contribution is 2.42. The molecule has 1 aromatic rings. The Morgan fingerprint density at radius 1 is 1.45 bits per heavy atom. The van der Waals surface area contributed by atoms with Crippen LogP contribution >= 0.6 is 0 Å². The molecule has 7 heteroatoms. The highest BCUT2D eigenvalue weighted by atomic mass is 32.2. The average Bonchev–Trinajstić information content (AvgIpc) is 2.91. The van der Waals surface area contributed by atoms with E-state index >= 15 is 0 Å². The lowest BCUT2D eigenvalue weighted by molar-refractivity contribution is -0.104. The predicted octanol–water partition coefficient (Wildman–Crippen LogP) is 1.29. The lowest BCUT2D eigenvalue weighted by atomic mass is 9.80. The quantitative estimate of drug-likeness (QED) is 0.788. The summed E-state index contributed by atoms with van der Waals surface area (Å²) < 4.78 is 36.8. The average molecular weight is 326 g/mol. The molecule has 2 aliphatic heterocycles. The number of sulfonamides is 1. The summed E-state index contributed by atoms with van der Waals surface area (Å²) in [5.74, 6) is 1.12. The van der Waals surface area contributed by atoms with Crippen molar-refractivity contribution in [2.45, 2.75) is 25.4 Å². The van der Waals surface area contributed by atoms with E-state index in [1.54, 1.807) is 13.1 Å². The number of pyridine rings is 1. The zero-order valence-electron chi connectivity index (χ0n) is 12.8. The minimum absolute atomic E-state index is 0.149. The molecule has 3 rings (SSSR count). The third-order valence-corrected chi connectivity index (χ3v) is 6.37. The summed E-state index contributed by atoms with van der Waals surface area (Å²) in [6, 6.07) is 5.57. The fourth-order valence-corrected chi connectivity index (χ4v) is 4.41. The van der Waals surface area contributed by atoms with Crippen LogP contribution in [0.2, 0.25) is 0 Å². The third kappa shape index (κ3) is 2.98. The van der Waals surface area contributed by atoms with Gasteiger partial charge in [-0.1, -0.05) is 6.07 Å². The monoisotopic (exact) mass is 326 g/mol. The molecule has 0 aromatic carbocycles. The van der Waals surface area contributed by atoms with Gasteiger partial charge in [0, 0.05) is 32.0 Å². The molecular formula is C15H22N2O4S. The van der Waals surface area contributed by atoms with Gasteiger partial charge in [-0.05, 0) is 31.7 Å². The first-order valence-electron chi connectivity index (χ1n) is 7.71. The van der Waals surface area contributed by atoms with Gasteiger partial charge in [-0.2, -0.15) is 4.31 Å². The van der Waals surface area contributed by atoms with Gasteiger partial charge in [0.1, 0.15) is 0 Å². The molecule has 0 amide bonds. The third-order valence-electron chi connectivity index (χ3n) is 4.60. The lowest BCUT2D eigenvalue weighted by Crippen LogP contribution is -2.66. The second kappa shape index (κ2) is 6.14. The molecule has 3 heterocycles. The van der Waals surface area contributed by atoms with Crippen LogP contribution in [-0.4, -0.2) is 55.4 Å². The molecule has 22 heavy (non-hydrogen) atoms. The molecule has 122 valence electrons. The fraction of sp³-hybridized carbons (Fsp3) is 0.667. The number of nitrogens with zero attached hydrogens (tertiary/aromatic N) is 2. The maximum atomic E-state index is 11.9. The molecule has 6 nitrogen and oxygen atoms in total. The molecular weight excluding hydrogens is 304 g/mol. The van der Waals surface area contributed by atoms with Crippen molar-refractivity contribution in [1.82, 2.24) is 9.29 Å². The minimum Gasteiger partial charge on any atom is -0.478 e. The summed E-state index contributed by atoms with van der Waals surface area (Å²) in [6.45, 7) is 3.92. The van der Waals surface area contributed by atoms with E-state index in [9.17, 15) is 8.42 Å². The fourth-order valence-electron chi connectivity index (χ4n) is 3.21. The smallest absolute Gasteiger partial charge is 0.214 e. The minimum atomic E-state index is -3.10. The largest absolute Gasteiger partial charge is 0.478 e. The summed E-state index contributed by atoms with van der Waals surface area (Å²) in [4.78, 5) is 4.13. The maximum absolute atomic E-state index is 11.9. The zero-order chi connectivity index (χ0) is 15.6. The van der Waals surface area contributed by atoms with Crippen LogP contribution in [0.1, 0.15) is 19.8 Å². The van der Waals surface area contributed by atoms with E-state index in [0.717, 1.165) is 12.8 Å². The van der Waals surface area contributed by atoms with Gasteiger partial charge in [0.05, 0.1) is 18.0 Å². The topological polar surface area (TPSA) is 68.7 Å². The first-order chi connectivity index (χ1) is 10.6. The van der Waals surface area contributed by atoms with E-state index in [0.29, 0.717) is 38.1 Å². The second-order valence-corrected chi connectivity index (χ2v) is 8.13. The van der Waals surface area contributed by atoms with Crippen LogP contribution in [-0.2, 0) is 14.8 Å². The lowest BCUT2D eigenvalue weighted by Gasteiger charge is -2.49. The summed E-state index contributed by atoms with van der Waals surface area (Å²) in [6.07, 6.45) is 3.52. The van der Waals surface area contributed by atoms with Crippen LogP contribution in [0.25, 0.3) is 0 Å². The molecule has 2 aliphatic rings. The number of ether oxygens (including phenoxy) is 2. The molecule has 0 aliphatic carbocycles. The van der Waals surface area contributed by atoms with Crippen molar-refractivity contribution in [3.05, 3.63) is 24.4 Å². The molecule has 0 radical (unpaired) electrons. The molecule has 2 saturated heterocycles. The molecule has 0 saturated carbocycles. The van der Waals surface area contributed by atoms with Gasteiger partial charge >= 0.3 is 0 Å². The van der Waals surface area contributed by atoms with E-state index in [1.165, 1.54) is 4.31 Å². The molecule has 1 atom stereocenters. The maximum Gasteiger partial charge on any atom is 0.214 e. The number of hydrogen-bond acceptors (Lipinski definition) is 5. The van der Waals surface area contributed by atoms with Crippen LogP contribution in [0.4, 0.5) is 0 Å². The zero-order valence-corrected chi connectivity index (χ0v) is 13.6. The van der Waals surface area contributed by atoms with Gasteiger partial charge in [0.15, 0.2) is 0 Å². The van der Waals surface area contributed by atoms with E-state index in [1.807, 2.05) is 18.2 Å². The summed E-state index contributed by atoms with van der Waals surface area (Å²) >= 11 is 0. The normalized spacial score (nSPS) is 24.3. The van der Waals surface area contributed by atoms with Gasteiger partial charge in [-0.3, -0.25) is 0 Å². The first kappa shape index (κ1) is 15.7. The summed E-state index contributed by atoms with van der Waals surface area (Å²) in [7, 11) is -3.10. The van der Waals surface area contributed by atoms with Crippen LogP contribution in [0.15, 0.2) is 24.4 Å². The van der Waals surface area contributed by atoms with Crippen molar-refractivity contribution in [1.29, 1.82) is 0 Å². The van der Waals surface area contributed by atoms with Crippen LogP contribution < -0.4 is 4.74 Å². The van der Waals surface area contributed by atoms with Gasteiger partial charge < -0.3 is 9.47 Å². The van der Waals surface area contributed by atoms with Crippen molar-refractivity contribution in [3.8, 4) is 5.88 Å². The number of aromatic nitrogens is 1. The second-order valence-electron chi connectivity index (χ2n) is 5.87. The highest BCUT2D eigenvalue weighted by molar-refractivity contribution is 7.89. The highest BCUT2D eigenvalue weighted by Gasteiger charge is 2.55. The Labute approximate surface area is 131 Å². The van der Waals surface area contributed by atoms with Gasteiger partial charge in [-0.15, -0.1) is 0 Å². The van der Waals surface area contributed by atoms with Gasteiger partial charge in [-0.25, -0.2) is 13.4 Å². The van der Waals surface area contributed by atoms with Crippen LogP contribution in [0, 0.1) is 5.92 Å².